The number of aromatic nitrogens is 3. The Morgan fingerprint density at radius 2 is 1.64 bits per heavy atom. The lowest BCUT2D eigenvalue weighted by Crippen LogP contribution is -2.42. The van der Waals surface area contributed by atoms with Crippen molar-refractivity contribution >= 4 is 22.6 Å². The van der Waals surface area contributed by atoms with Crippen molar-refractivity contribution in [1.82, 2.24) is 25.6 Å². The summed E-state index contributed by atoms with van der Waals surface area (Å²) in [5.41, 5.74) is 4.79. The Morgan fingerprint density at radius 1 is 1.00 bits per heavy atom. The number of nitrogens with one attached hydrogen (secondary N) is 2. The van der Waals surface area contributed by atoms with Gasteiger partial charge in [-0.1, -0.05) is 18.2 Å². The molecule has 0 atom stereocenters. The number of fused-ring (bicyclic) bond motifs is 1. The van der Waals surface area contributed by atoms with Gasteiger partial charge in [0.05, 0.1) is 5.39 Å². The first-order valence-electron chi connectivity index (χ1n) is 7.62. The smallest absolute Gasteiger partial charge is 0.267 e. The molecule has 0 saturated heterocycles. The van der Waals surface area contributed by atoms with Crippen molar-refractivity contribution in [1.29, 1.82) is 0 Å². The molecule has 0 saturated carbocycles. The molecule has 8 nitrogen and oxygen atoms in total. The maximum absolute atomic E-state index is 12.5. The van der Waals surface area contributed by atoms with Crippen LogP contribution in [0.5, 0.6) is 0 Å². The van der Waals surface area contributed by atoms with E-state index in [-0.39, 0.29) is 11.3 Å². The normalized spacial score (nSPS) is 10.4. The van der Waals surface area contributed by atoms with Gasteiger partial charge in [0.1, 0.15) is 0 Å². The molecule has 2 N–H and O–H groups in total. The van der Waals surface area contributed by atoms with E-state index >= 15 is 0 Å². The predicted molar refractivity (Wildman–Crippen MR) is 90.8 cm³/mol. The van der Waals surface area contributed by atoms with E-state index in [1.54, 1.807) is 31.2 Å². The number of rotatable bonds is 3. The summed E-state index contributed by atoms with van der Waals surface area (Å²) in [5, 5.41) is 4.92. The third-order valence-corrected chi connectivity index (χ3v) is 3.61. The summed E-state index contributed by atoms with van der Waals surface area (Å²) in [4.78, 5) is 40.6. The molecule has 3 rings (SSSR count). The topological polar surface area (TPSA) is 106 Å². The first-order chi connectivity index (χ1) is 12.1. The van der Waals surface area contributed by atoms with Crippen molar-refractivity contribution in [3.63, 3.8) is 0 Å². The largest absolute Gasteiger partial charge is 0.290 e. The number of benzene rings is 1. The van der Waals surface area contributed by atoms with E-state index in [9.17, 15) is 14.4 Å². The summed E-state index contributed by atoms with van der Waals surface area (Å²) in [6.07, 6.45) is 2.95. The van der Waals surface area contributed by atoms with Gasteiger partial charge in [0.15, 0.2) is 5.69 Å². The van der Waals surface area contributed by atoms with E-state index < -0.39 is 11.8 Å². The van der Waals surface area contributed by atoms with Crippen LogP contribution in [-0.4, -0.2) is 26.6 Å². The molecule has 3 aromatic rings. The Bertz CT molecular complexity index is 998. The average Bonchev–Trinajstić information content (AvgIpc) is 2.67. The second-order valence-electron chi connectivity index (χ2n) is 5.16. The van der Waals surface area contributed by atoms with Crippen LogP contribution in [0.2, 0.25) is 0 Å². The van der Waals surface area contributed by atoms with Crippen LogP contribution in [0, 0.1) is 0 Å². The lowest BCUT2D eigenvalue weighted by Gasteiger charge is -2.10. The molecule has 0 spiro atoms. The molecule has 0 fully saturated rings. The molecule has 2 amide bonds. The van der Waals surface area contributed by atoms with Crippen molar-refractivity contribution in [3.8, 4) is 0 Å². The first-order valence-corrected chi connectivity index (χ1v) is 7.62. The van der Waals surface area contributed by atoms with Crippen LogP contribution >= 0.6 is 0 Å². The summed E-state index contributed by atoms with van der Waals surface area (Å²) in [6.45, 7) is 2.09. The second kappa shape index (κ2) is 6.91. The fourth-order valence-corrected chi connectivity index (χ4v) is 2.37. The lowest BCUT2D eigenvalue weighted by atomic mass is 10.1. The Morgan fingerprint density at radius 3 is 2.32 bits per heavy atom. The molecule has 0 radical (unpaired) electrons. The van der Waals surface area contributed by atoms with Crippen molar-refractivity contribution < 1.29 is 9.59 Å². The van der Waals surface area contributed by atoms with Crippen molar-refractivity contribution in [2.75, 3.05) is 0 Å². The Hall–Kier alpha value is -3.55. The molecule has 1 aromatic carbocycles. The highest BCUT2D eigenvalue weighted by molar-refractivity contribution is 6.05. The molecular weight excluding hydrogens is 322 g/mol. The zero-order valence-electron chi connectivity index (χ0n) is 13.4. The van der Waals surface area contributed by atoms with Gasteiger partial charge in [-0.15, -0.1) is 0 Å². The maximum atomic E-state index is 12.5. The maximum Gasteiger partial charge on any atom is 0.290 e. The first kappa shape index (κ1) is 16.3. The lowest BCUT2D eigenvalue weighted by molar-refractivity contribution is 0.0843. The van der Waals surface area contributed by atoms with Gasteiger partial charge >= 0.3 is 0 Å². The number of hydrogen-bond donors (Lipinski definition) is 2. The molecule has 2 heterocycles. The molecule has 2 aromatic heterocycles. The number of hydrogen-bond acceptors (Lipinski definition) is 5. The molecule has 8 heteroatoms. The number of carbonyl (C=O) groups excluding carboxylic acids is 2. The van der Waals surface area contributed by atoms with Crippen molar-refractivity contribution in [2.24, 2.45) is 0 Å². The number of pyridine rings is 1. The summed E-state index contributed by atoms with van der Waals surface area (Å²) in [5.74, 6) is -1.09. The number of carbonyl (C=O) groups is 2. The molecule has 0 aliphatic rings. The van der Waals surface area contributed by atoms with Crippen LogP contribution in [0.1, 0.15) is 27.8 Å². The third-order valence-electron chi connectivity index (χ3n) is 3.61. The fraction of sp³-hybridized carbons (Fsp3) is 0.118. The van der Waals surface area contributed by atoms with Crippen LogP contribution in [0.15, 0.2) is 53.6 Å². The molecule has 0 unspecified atom stereocenters. The van der Waals surface area contributed by atoms with E-state index in [0.29, 0.717) is 22.9 Å². The number of nitrogens with zero attached hydrogens (tertiary/aromatic N) is 3. The minimum absolute atomic E-state index is 0.0621. The quantitative estimate of drug-likeness (QED) is 0.690. The van der Waals surface area contributed by atoms with Gasteiger partial charge in [-0.25, -0.2) is 4.68 Å². The molecule has 0 aliphatic carbocycles. The summed E-state index contributed by atoms with van der Waals surface area (Å²) >= 11 is 0. The Labute approximate surface area is 142 Å². The number of amides is 2. The monoisotopic (exact) mass is 337 g/mol. The summed E-state index contributed by atoms with van der Waals surface area (Å²) in [7, 11) is 0. The summed E-state index contributed by atoms with van der Waals surface area (Å²) in [6, 6.07) is 9.75. The van der Waals surface area contributed by atoms with Gasteiger partial charge in [0.25, 0.3) is 17.4 Å². The zero-order chi connectivity index (χ0) is 17.8. The average molecular weight is 337 g/mol. The van der Waals surface area contributed by atoms with Crippen LogP contribution < -0.4 is 16.4 Å². The van der Waals surface area contributed by atoms with Gasteiger partial charge in [0.2, 0.25) is 0 Å². The van der Waals surface area contributed by atoms with Crippen LogP contribution in [0.25, 0.3) is 10.8 Å². The van der Waals surface area contributed by atoms with Crippen LogP contribution in [0.3, 0.4) is 0 Å². The van der Waals surface area contributed by atoms with Gasteiger partial charge in [0, 0.05) is 29.9 Å². The van der Waals surface area contributed by atoms with Crippen LogP contribution in [-0.2, 0) is 6.54 Å². The Kier molecular flexibility index (Phi) is 4.51. The number of aryl methyl sites for hydroxylation is 1. The van der Waals surface area contributed by atoms with E-state index in [1.807, 2.05) is 0 Å². The molecular formula is C17H15N5O3. The van der Waals surface area contributed by atoms with Crippen LogP contribution in [0.4, 0.5) is 0 Å². The summed E-state index contributed by atoms with van der Waals surface area (Å²) < 4.78 is 1.21. The van der Waals surface area contributed by atoms with E-state index in [2.05, 4.69) is 20.9 Å². The molecule has 0 bridgehead atoms. The standard InChI is InChI=1S/C17H15N5O3/c1-2-22-17(25)13-6-4-3-5-12(13)14(21-22)16(24)20-19-15(23)11-7-9-18-10-8-11/h3-10H,2H2,1H3,(H,19,23)(H,20,24). The van der Waals surface area contributed by atoms with E-state index in [0.717, 1.165) is 0 Å². The van der Waals surface area contributed by atoms with Crippen molar-refractivity contribution in [2.45, 2.75) is 13.5 Å². The van der Waals surface area contributed by atoms with Crippen molar-refractivity contribution in [3.05, 3.63) is 70.4 Å². The second-order valence-corrected chi connectivity index (χ2v) is 5.16. The van der Waals surface area contributed by atoms with E-state index in [4.69, 9.17) is 0 Å². The highest BCUT2D eigenvalue weighted by Crippen LogP contribution is 2.13. The zero-order valence-corrected chi connectivity index (χ0v) is 13.4. The number of hydrazine groups is 1. The molecule has 126 valence electrons. The van der Waals surface area contributed by atoms with E-state index in [1.165, 1.54) is 29.2 Å². The molecule has 0 aliphatic heterocycles. The minimum Gasteiger partial charge on any atom is -0.267 e. The van der Waals surface area contributed by atoms with Gasteiger partial charge in [-0.05, 0) is 25.1 Å². The highest BCUT2D eigenvalue weighted by Gasteiger charge is 2.17. The fourth-order valence-electron chi connectivity index (χ4n) is 2.37. The highest BCUT2D eigenvalue weighted by atomic mass is 16.2. The SMILES string of the molecule is CCn1nc(C(=O)NNC(=O)c2ccncc2)c2ccccc2c1=O. The molecule has 25 heavy (non-hydrogen) atoms. The minimum atomic E-state index is -0.610. The Balaban J connectivity index is 1.89. The van der Waals surface area contributed by atoms with Gasteiger partial charge in [-0.2, -0.15) is 5.10 Å². The third kappa shape index (κ3) is 3.23. The van der Waals surface area contributed by atoms with Gasteiger partial charge in [-0.3, -0.25) is 30.2 Å². The van der Waals surface area contributed by atoms with Gasteiger partial charge < -0.3 is 0 Å². The predicted octanol–water partition coefficient (Wildman–Crippen LogP) is 0.886.